The topological polar surface area (TPSA) is 93.4 Å². The summed E-state index contributed by atoms with van der Waals surface area (Å²) in [6, 6.07) is 1.81. The standard InChI is InChI=1S/C11H14BrN3O3S/c1-7-10(12)3-9(4-14-7)15-5-8(2-11(15)16)6-19(13,17)18/h3-4,8H,2,5-6H2,1H3,(H2,13,17,18). The maximum atomic E-state index is 11.9. The van der Waals surface area contributed by atoms with Crippen molar-refractivity contribution in [1.82, 2.24) is 4.98 Å². The normalized spacial score (nSPS) is 20.1. The van der Waals surface area contributed by atoms with Crippen molar-refractivity contribution in [2.45, 2.75) is 13.3 Å². The maximum Gasteiger partial charge on any atom is 0.227 e. The van der Waals surface area contributed by atoms with E-state index in [0.717, 1.165) is 10.2 Å². The zero-order valence-electron chi connectivity index (χ0n) is 10.3. The predicted molar refractivity (Wildman–Crippen MR) is 75.1 cm³/mol. The minimum atomic E-state index is -3.56. The van der Waals surface area contributed by atoms with Crippen LogP contribution in [0, 0.1) is 12.8 Å². The third-order valence-electron chi connectivity index (χ3n) is 3.00. The summed E-state index contributed by atoms with van der Waals surface area (Å²) in [5, 5.41) is 5.01. The lowest BCUT2D eigenvalue weighted by Crippen LogP contribution is -2.27. The molecule has 0 spiro atoms. The Balaban J connectivity index is 2.18. The van der Waals surface area contributed by atoms with Gasteiger partial charge >= 0.3 is 0 Å². The molecule has 0 aromatic carbocycles. The number of carbonyl (C=O) groups excluding carboxylic acids is 1. The molecule has 1 aromatic rings. The van der Waals surface area contributed by atoms with Crippen molar-refractivity contribution in [2.24, 2.45) is 11.1 Å². The van der Waals surface area contributed by atoms with Crippen LogP contribution in [-0.4, -0.2) is 31.6 Å². The second-order valence-corrected chi connectivity index (χ2v) is 7.18. The van der Waals surface area contributed by atoms with Gasteiger partial charge in [0.2, 0.25) is 15.9 Å². The highest BCUT2D eigenvalue weighted by Gasteiger charge is 2.33. The molecule has 2 heterocycles. The number of hydrogen-bond acceptors (Lipinski definition) is 4. The van der Waals surface area contributed by atoms with Gasteiger partial charge in [-0.3, -0.25) is 9.78 Å². The second kappa shape index (κ2) is 5.18. The molecular formula is C11H14BrN3O3S. The summed E-state index contributed by atoms with van der Waals surface area (Å²) in [5.74, 6) is -0.538. The van der Waals surface area contributed by atoms with Crippen LogP contribution >= 0.6 is 15.9 Å². The van der Waals surface area contributed by atoms with Crippen molar-refractivity contribution in [3.8, 4) is 0 Å². The van der Waals surface area contributed by atoms with Crippen molar-refractivity contribution in [2.75, 3.05) is 17.2 Å². The number of aromatic nitrogens is 1. The molecule has 104 valence electrons. The van der Waals surface area contributed by atoms with Crippen LogP contribution in [0.5, 0.6) is 0 Å². The lowest BCUT2D eigenvalue weighted by Gasteiger charge is -2.17. The highest BCUT2D eigenvalue weighted by atomic mass is 79.9. The number of hydrogen-bond donors (Lipinski definition) is 1. The number of primary sulfonamides is 1. The van der Waals surface area contributed by atoms with Crippen LogP contribution < -0.4 is 10.0 Å². The molecule has 8 heteroatoms. The van der Waals surface area contributed by atoms with Crippen LogP contribution in [0.15, 0.2) is 16.7 Å². The molecule has 0 bridgehead atoms. The zero-order valence-corrected chi connectivity index (χ0v) is 12.7. The fourth-order valence-electron chi connectivity index (χ4n) is 2.12. The van der Waals surface area contributed by atoms with Crippen molar-refractivity contribution in [3.05, 3.63) is 22.4 Å². The zero-order chi connectivity index (χ0) is 14.2. The number of nitrogens with zero attached hydrogens (tertiary/aromatic N) is 2. The Morgan fingerprint density at radius 3 is 2.84 bits per heavy atom. The summed E-state index contributed by atoms with van der Waals surface area (Å²) in [4.78, 5) is 17.6. The first-order valence-electron chi connectivity index (χ1n) is 5.69. The van der Waals surface area contributed by atoms with E-state index in [0.29, 0.717) is 12.2 Å². The van der Waals surface area contributed by atoms with E-state index in [4.69, 9.17) is 5.14 Å². The first kappa shape index (κ1) is 14.4. The molecule has 6 nitrogen and oxygen atoms in total. The third kappa shape index (κ3) is 3.52. The first-order chi connectivity index (χ1) is 8.76. The number of rotatable bonds is 3. The summed E-state index contributed by atoms with van der Waals surface area (Å²) in [5.41, 5.74) is 1.50. The number of sulfonamides is 1. The predicted octanol–water partition coefficient (Wildman–Crippen LogP) is 0.794. The number of nitrogens with two attached hydrogens (primary N) is 1. The van der Waals surface area contributed by atoms with Gasteiger partial charge in [-0.25, -0.2) is 13.6 Å². The van der Waals surface area contributed by atoms with Crippen LogP contribution in [0.25, 0.3) is 0 Å². The molecular weight excluding hydrogens is 334 g/mol. The lowest BCUT2D eigenvalue weighted by atomic mass is 10.1. The Morgan fingerprint density at radius 2 is 2.26 bits per heavy atom. The summed E-state index contributed by atoms with van der Waals surface area (Å²) >= 11 is 3.36. The lowest BCUT2D eigenvalue weighted by molar-refractivity contribution is -0.117. The molecule has 1 aliphatic heterocycles. The van der Waals surface area contributed by atoms with Crippen molar-refractivity contribution in [1.29, 1.82) is 0 Å². The van der Waals surface area contributed by atoms with Gasteiger partial charge in [0.15, 0.2) is 0 Å². The average molecular weight is 348 g/mol. The second-order valence-electron chi connectivity index (χ2n) is 4.66. The van der Waals surface area contributed by atoms with Crippen molar-refractivity contribution in [3.63, 3.8) is 0 Å². The molecule has 1 aliphatic rings. The largest absolute Gasteiger partial charge is 0.311 e. The number of halogens is 1. The van der Waals surface area contributed by atoms with E-state index < -0.39 is 10.0 Å². The molecule has 0 aliphatic carbocycles. The van der Waals surface area contributed by atoms with E-state index in [-0.39, 0.29) is 24.0 Å². The van der Waals surface area contributed by atoms with E-state index in [9.17, 15) is 13.2 Å². The Hall–Kier alpha value is -0.990. The number of aryl methyl sites for hydroxylation is 1. The minimum Gasteiger partial charge on any atom is -0.311 e. The van der Waals surface area contributed by atoms with Crippen LogP contribution in [0.3, 0.4) is 0 Å². The quantitative estimate of drug-likeness (QED) is 0.874. The molecule has 0 saturated carbocycles. The highest BCUT2D eigenvalue weighted by molar-refractivity contribution is 9.10. The highest BCUT2D eigenvalue weighted by Crippen LogP contribution is 2.28. The Bertz CT molecular complexity index is 618. The van der Waals surface area contributed by atoms with Crippen LogP contribution in [-0.2, 0) is 14.8 Å². The van der Waals surface area contributed by atoms with Gasteiger partial charge in [-0.05, 0) is 28.9 Å². The molecule has 2 N–H and O–H groups in total. The molecule has 1 aromatic heterocycles. The molecule has 1 saturated heterocycles. The van der Waals surface area contributed by atoms with Gasteiger partial charge in [-0.15, -0.1) is 0 Å². The Morgan fingerprint density at radius 1 is 1.58 bits per heavy atom. The number of carbonyl (C=O) groups is 1. The van der Waals surface area contributed by atoms with Gasteiger partial charge in [0, 0.05) is 23.4 Å². The van der Waals surface area contributed by atoms with Gasteiger partial charge in [-0.2, -0.15) is 0 Å². The van der Waals surface area contributed by atoms with Crippen molar-refractivity contribution >= 4 is 37.5 Å². The summed E-state index contributed by atoms with van der Waals surface area (Å²) in [7, 11) is -3.56. The van der Waals surface area contributed by atoms with Gasteiger partial charge < -0.3 is 4.90 Å². The molecule has 1 amide bonds. The van der Waals surface area contributed by atoms with E-state index in [2.05, 4.69) is 20.9 Å². The molecule has 0 radical (unpaired) electrons. The van der Waals surface area contributed by atoms with Gasteiger partial charge in [-0.1, -0.05) is 0 Å². The summed E-state index contributed by atoms with van der Waals surface area (Å²) in [6.07, 6.45) is 1.80. The Kier molecular flexibility index (Phi) is 3.93. The fraction of sp³-hybridized carbons (Fsp3) is 0.455. The number of anilines is 1. The van der Waals surface area contributed by atoms with E-state index in [1.165, 1.54) is 0 Å². The van der Waals surface area contributed by atoms with Crippen molar-refractivity contribution < 1.29 is 13.2 Å². The molecule has 1 unspecified atom stereocenters. The number of pyridine rings is 1. The smallest absolute Gasteiger partial charge is 0.227 e. The van der Waals surface area contributed by atoms with Crippen LogP contribution in [0.1, 0.15) is 12.1 Å². The molecule has 1 atom stereocenters. The minimum absolute atomic E-state index is 0.105. The SMILES string of the molecule is Cc1ncc(N2CC(CS(N)(=O)=O)CC2=O)cc1Br. The van der Waals surface area contributed by atoms with E-state index in [1.807, 2.05) is 6.92 Å². The van der Waals surface area contributed by atoms with Crippen LogP contribution in [0.4, 0.5) is 5.69 Å². The van der Waals surface area contributed by atoms with Gasteiger partial charge in [0.25, 0.3) is 0 Å². The molecule has 1 fully saturated rings. The van der Waals surface area contributed by atoms with E-state index >= 15 is 0 Å². The number of amides is 1. The summed E-state index contributed by atoms with van der Waals surface area (Å²) in [6.45, 7) is 2.20. The third-order valence-corrected chi connectivity index (χ3v) is 4.73. The average Bonchev–Trinajstić information content (AvgIpc) is 2.61. The maximum absolute atomic E-state index is 11.9. The molecule has 2 rings (SSSR count). The van der Waals surface area contributed by atoms with Gasteiger partial charge in [0.05, 0.1) is 23.3 Å². The fourth-order valence-corrected chi connectivity index (χ4v) is 3.33. The van der Waals surface area contributed by atoms with E-state index in [1.54, 1.807) is 17.2 Å². The van der Waals surface area contributed by atoms with Gasteiger partial charge in [0.1, 0.15) is 0 Å². The monoisotopic (exact) mass is 347 g/mol. The first-order valence-corrected chi connectivity index (χ1v) is 8.20. The van der Waals surface area contributed by atoms with Crippen LogP contribution in [0.2, 0.25) is 0 Å². The molecule has 19 heavy (non-hydrogen) atoms. The summed E-state index contributed by atoms with van der Waals surface area (Å²) < 4.78 is 22.9. The Labute approximate surface area is 120 Å².